The fourth-order valence-corrected chi connectivity index (χ4v) is 1.06. The van der Waals surface area contributed by atoms with Gasteiger partial charge in [0.05, 0.1) is 19.6 Å². The normalized spacial score (nSPS) is 15.1. The Balaban J connectivity index is 4.02. The maximum Gasteiger partial charge on any atom is 0.307 e. The molecule has 78 valence electrons. The molecule has 0 amide bonds. The molecule has 0 radical (unpaired) electrons. The third kappa shape index (κ3) is 4.85. The molecular weight excluding hydrogens is 170 g/mol. The number of likely N-dealkylation sites (N-methyl/N-ethyl adjacent to an activating group) is 1. The quantitative estimate of drug-likeness (QED) is 0.620. The number of esters is 1. The van der Waals surface area contributed by atoms with Gasteiger partial charge in [-0.1, -0.05) is 0 Å². The van der Waals surface area contributed by atoms with Gasteiger partial charge in [0.25, 0.3) is 0 Å². The lowest BCUT2D eigenvalue weighted by molar-refractivity contribution is -0.145. The van der Waals surface area contributed by atoms with Gasteiger partial charge < -0.3 is 14.8 Å². The summed E-state index contributed by atoms with van der Waals surface area (Å²) >= 11 is 0. The van der Waals surface area contributed by atoms with Gasteiger partial charge in [-0.3, -0.25) is 4.79 Å². The number of carbonyl (C=O) groups excluding carboxylic acids is 1. The van der Waals surface area contributed by atoms with E-state index in [9.17, 15) is 4.79 Å². The summed E-state index contributed by atoms with van der Waals surface area (Å²) in [6.45, 7) is 4.63. The molecule has 0 aliphatic carbocycles. The molecule has 0 heterocycles. The number of rotatable bonds is 6. The van der Waals surface area contributed by atoms with Crippen LogP contribution in [0.25, 0.3) is 0 Å². The van der Waals surface area contributed by atoms with Crippen LogP contribution >= 0.6 is 0 Å². The lowest BCUT2D eigenvalue weighted by Crippen LogP contribution is -2.46. The van der Waals surface area contributed by atoms with Gasteiger partial charge in [0.1, 0.15) is 0 Å². The highest BCUT2D eigenvalue weighted by atomic mass is 16.5. The standard InChI is InChI=1S/C9H19NO3/c1-5-13-8(11)6-9(2,10-3)7-12-4/h10H,5-7H2,1-4H3. The predicted octanol–water partition coefficient (Wildman–Crippen LogP) is 0.564. The fourth-order valence-electron chi connectivity index (χ4n) is 1.06. The second-order valence-corrected chi connectivity index (χ2v) is 3.23. The number of hydrogen-bond acceptors (Lipinski definition) is 4. The largest absolute Gasteiger partial charge is 0.466 e. The Labute approximate surface area is 79.6 Å². The lowest BCUT2D eigenvalue weighted by atomic mass is 10.00. The number of ether oxygens (including phenoxy) is 2. The topological polar surface area (TPSA) is 47.6 Å². The van der Waals surface area contributed by atoms with E-state index in [1.54, 1.807) is 21.1 Å². The van der Waals surface area contributed by atoms with Crippen LogP contribution in [0.1, 0.15) is 20.3 Å². The molecule has 0 aliphatic heterocycles. The number of hydrogen-bond donors (Lipinski definition) is 1. The van der Waals surface area contributed by atoms with Gasteiger partial charge in [0.2, 0.25) is 0 Å². The second kappa shape index (κ2) is 5.94. The first-order valence-corrected chi connectivity index (χ1v) is 4.41. The molecule has 0 rings (SSSR count). The predicted molar refractivity (Wildman–Crippen MR) is 50.6 cm³/mol. The van der Waals surface area contributed by atoms with Gasteiger partial charge in [-0.05, 0) is 20.9 Å². The van der Waals surface area contributed by atoms with Gasteiger partial charge in [-0.25, -0.2) is 0 Å². The van der Waals surface area contributed by atoms with E-state index in [4.69, 9.17) is 9.47 Å². The van der Waals surface area contributed by atoms with E-state index in [-0.39, 0.29) is 11.5 Å². The summed E-state index contributed by atoms with van der Waals surface area (Å²) in [4.78, 5) is 11.2. The van der Waals surface area contributed by atoms with Crippen molar-refractivity contribution in [3.8, 4) is 0 Å². The molecule has 0 saturated heterocycles. The average molecular weight is 189 g/mol. The molecule has 0 aromatic rings. The maximum absolute atomic E-state index is 11.2. The van der Waals surface area contributed by atoms with Crippen molar-refractivity contribution >= 4 is 5.97 Å². The smallest absolute Gasteiger partial charge is 0.307 e. The van der Waals surface area contributed by atoms with E-state index >= 15 is 0 Å². The van der Waals surface area contributed by atoms with E-state index in [2.05, 4.69) is 5.32 Å². The van der Waals surface area contributed by atoms with Crippen molar-refractivity contribution in [1.82, 2.24) is 5.32 Å². The summed E-state index contributed by atoms with van der Waals surface area (Å²) in [5.41, 5.74) is -0.332. The Morgan fingerprint density at radius 2 is 2.15 bits per heavy atom. The van der Waals surface area contributed by atoms with Crippen LogP contribution in [0, 0.1) is 0 Å². The highest BCUT2D eigenvalue weighted by Gasteiger charge is 2.26. The van der Waals surface area contributed by atoms with Crippen LogP contribution in [0.2, 0.25) is 0 Å². The molecule has 4 heteroatoms. The van der Waals surface area contributed by atoms with E-state index in [0.717, 1.165) is 0 Å². The lowest BCUT2D eigenvalue weighted by Gasteiger charge is -2.26. The Morgan fingerprint density at radius 3 is 2.54 bits per heavy atom. The second-order valence-electron chi connectivity index (χ2n) is 3.23. The molecule has 0 aromatic heterocycles. The zero-order valence-electron chi connectivity index (χ0n) is 8.85. The Hall–Kier alpha value is -0.610. The molecule has 0 saturated carbocycles. The summed E-state index contributed by atoms with van der Waals surface area (Å²) < 4.78 is 9.86. The van der Waals surface area contributed by atoms with Gasteiger partial charge in [-0.2, -0.15) is 0 Å². The maximum atomic E-state index is 11.2. The molecule has 4 nitrogen and oxygen atoms in total. The van der Waals surface area contributed by atoms with E-state index in [0.29, 0.717) is 19.6 Å². The van der Waals surface area contributed by atoms with Crippen molar-refractivity contribution in [2.75, 3.05) is 27.4 Å². The summed E-state index contributed by atoms with van der Waals surface area (Å²) in [6.07, 6.45) is 0.325. The zero-order valence-corrected chi connectivity index (χ0v) is 8.85. The van der Waals surface area contributed by atoms with Crippen molar-refractivity contribution < 1.29 is 14.3 Å². The van der Waals surface area contributed by atoms with Crippen LogP contribution in [-0.4, -0.2) is 38.9 Å². The summed E-state index contributed by atoms with van der Waals surface area (Å²) in [6, 6.07) is 0. The van der Waals surface area contributed by atoms with Gasteiger partial charge in [0, 0.05) is 12.6 Å². The number of nitrogens with one attached hydrogen (secondary N) is 1. The van der Waals surface area contributed by atoms with Gasteiger partial charge in [-0.15, -0.1) is 0 Å². The van der Waals surface area contributed by atoms with Crippen LogP contribution in [0.3, 0.4) is 0 Å². The van der Waals surface area contributed by atoms with E-state index in [1.807, 2.05) is 6.92 Å². The average Bonchev–Trinajstić information content (AvgIpc) is 2.05. The van der Waals surface area contributed by atoms with Gasteiger partial charge >= 0.3 is 5.97 Å². The van der Waals surface area contributed by atoms with Crippen LogP contribution in [-0.2, 0) is 14.3 Å². The first-order chi connectivity index (χ1) is 6.08. The number of carbonyl (C=O) groups is 1. The zero-order chi connectivity index (χ0) is 10.3. The van der Waals surface area contributed by atoms with E-state index in [1.165, 1.54) is 0 Å². The molecule has 0 spiro atoms. The van der Waals surface area contributed by atoms with Crippen molar-refractivity contribution in [2.45, 2.75) is 25.8 Å². The van der Waals surface area contributed by atoms with Crippen LogP contribution in [0.4, 0.5) is 0 Å². The van der Waals surface area contributed by atoms with E-state index < -0.39 is 0 Å². The SMILES string of the molecule is CCOC(=O)CC(C)(COC)NC. The molecule has 1 N–H and O–H groups in total. The minimum absolute atomic E-state index is 0.198. The van der Waals surface area contributed by atoms with Crippen molar-refractivity contribution in [2.24, 2.45) is 0 Å². The minimum atomic E-state index is -0.332. The molecule has 13 heavy (non-hydrogen) atoms. The Bertz CT molecular complexity index is 161. The van der Waals surface area contributed by atoms with Crippen molar-refractivity contribution in [3.05, 3.63) is 0 Å². The van der Waals surface area contributed by atoms with Crippen LogP contribution < -0.4 is 5.32 Å². The number of methoxy groups -OCH3 is 1. The highest BCUT2D eigenvalue weighted by molar-refractivity contribution is 5.70. The Kier molecular flexibility index (Phi) is 5.66. The highest BCUT2D eigenvalue weighted by Crippen LogP contribution is 2.10. The fraction of sp³-hybridized carbons (Fsp3) is 0.889. The molecule has 1 atom stereocenters. The summed E-state index contributed by atoms with van der Waals surface area (Å²) in [5, 5.41) is 3.04. The molecular formula is C9H19NO3. The van der Waals surface area contributed by atoms with Crippen molar-refractivity contribution in [3.63, 3.8) is 0 Å². The van der Waals surface area contributed by atoms with Gasteiger partial charge in [0.15, 0.2) is 0 Å². The summed E-state index contributed by atoms with van der Waals surface area (Å²) in [5.74, 6) is -0.198. The third-order valence-corrected chi connectivity index (χ3v) is 1.91. The molecule has 0 fully saturated rings. The molecule has 1 unspecified atom stereocenters. The van der Waals surface area contributed by atoms with Crippen molar-refractivity contribution in [1.29, 1.82) is 0 Å². The minimum Gasteiger partial charge on any atom is -0.466 e. The first-order valence-electron chi connectivity index (χ1n) is 4.41. The first kappa shape index (κ1) is 12.4. The molecule has 0 aromatic carbocycles. The Morgan fingerprint density at radius 1 is 1.54 bits per heavy atom. The monoisotopic (exact) mass is 189 g/mol. The molecule has 0 bridgehead atoms. The van der Waals surface area contributed by atoms with Crippen LogP contribution in [0.15, 0.2) is 0 Å². The third-order valence-electron chi connectivity index (χ3n) is 1.91. The summed E-state index contributed by atoms with van der Waals surface area (Å²) in [7, 11) is 3.42. The molecule has 0 aliphatic rings. The van der Waals surface area contributed by atoms with Crippen LogP contribution in [0.5, 0.6) is 0 Å².